The van der Waals surface area contributed by atoms with Crippen LogP contribution in [-0.4, -0.2) is 41.8 Å². The van der Waals surface area contributed by atoms with Gasteiger partial charge in [-0.05, 0) is 11.1 Å². The zero-order valence-corrected chi connectivity index (χ0v) is 16.1. The fourth-order valence-corrected chi connectivity index (χ4v) is 4.15. The minimum absolute atomic E-state index is 0. The molecule has 0 radical (unpaired) electrons. The van der Waals surface area contributed by atoms with Crippen LogP contribution in [-0.2, 0) is 17.9 Å². The molecule has 0 aliphatic carbocycles. The molecule has 0 unspecified atom stereocenters. The normalized spacial score (nSPS) is 23.9. The zero-order chi connectivity index (χ0) is 16.4. The van der Waals surface area contributed by atoms with Gasteiger partial charge in [0.2, 0.25) is 0 Å². The predicted octanol–water partition coefficient (Wildman–Crippen LogP) is 3.40. The van der Waals surface area contributed by atoms with Crippen LogP contribution in [0.4, 0.5) is 0 Å². The average molecular weight is 401 g/mol. The predicted molar refractivity (Wildman–Crippen MR) is 106 cm³/mol. The van der Waals surface area contributed by atoms with Crippen molar-refractivity contribution in [3.63, 3.8) is 0 Å². The largest absolute Gasteiger partial charge is 0.299 e. The smallest absolute Gasteiger partial charge is 0.144 e. The van der Waals surface area contributed by atoms with Crippen LogP contribution >= 0.6 is 17.0 Å². The summed E-state index contributed by atoms with van der Waals surface area (Å²) in [6.07, 6.45) is 0. The first-order valence-corrected chi connectivity index (χ1v) is 8.84. The van der Waals surface area contributed by atoms with Crippen LogP contribution in [0.2, 0.25) is 0 Å². The third kappa shape index (κ3) is 4.38. The van der Waals surface area contributed by atoms with Crippen LogP contribution < -0.4 is 0 Å². The number of halogens is 1. The maximum absolute atomic E-state index is 12.6. The lowest BCUT2D eigenvalue weighted by Gasteiger charge is -2.44. The maximum atomic E-state index is 12.6. The Morgan fingerprint density at radius 3 is 1.40 bits per heavy atom. The molecule has 0 amide bonds. The number of benzene rings is 2. The van der Waals surface area contributed by atoms with E-state index in [-0.39, 0.29) is 28.8 Å². The number of ketones is 1. The van der Waals surface area contributed by atoms with Crippen LogP contribution in [0.3, 0.4) is 0 Å². The molecule has 25 heavy (non-hydrogen) atoms. The van der Waals surface area contributed by atoms with Crippen molar-refractivity contribution < 1.29 is 4.79 Å². The highest BCUT2D eigenvalue weighted by Gasteiger charge is 2.40. The van der Waals surface area contributed by atoms with E-state index in [2.05, 4.69) is 70.5 Å². The summed E-state index contributed by atoms with van der Waals surface area (Å²) < 4.78 is 0. The number of likely N-dealkylation sites (tertiary alicyclic amines) is 2. The number of piperidine rings is 2. The minimum atomic E-state index is 0. The number of nitrogens with zero attached hydrogens (tertiary/aromatic N) is 2. The van der Waals surface area contributed by atoms with E-state index in [4.69, 9.17) is 0 Å². The van der Waals surface area contributed by atoms with Gasteiger partial charge in [0.15, 0.2) is 0 Å². The summed E-state index contributed by atoms with van der Waals surface area (Å²) >= 11 is 0. The number of hydrogen-bond donors (Lipinski definition) is 0. The molecule has 0 saturated carbocycles. The number of fused-ring (bicyclic) bond motifs is 2. The number of hydrogen-bond acceptors (Lipinski definition) is 3. The molecule has 0 aromatic heterocycles. The van der Waals surface area contributed by atoms with Crippen molar-refractivity contribution in [3.05, 3.63) is 71.8 Å². The molecular formula is C21H25BrN2O. The fourth-order valence-electron chi connectivity index (χ4n) is 4.15. The van der Waals surface area contributed by atoms with Gasteiger partial charge in [0, 0.05) is 51.1 Å². The number of Topliss-reactive ketones (excluding diaryl/α,β-unsaturated/α-hetero) is 1. The highest BCUT2D eigenvalue weighted by atomic mass is 79.9. The van der Waals surface area contributed by atoms with Crippen molar-refractivity contribution in [2.24, 2.45) is 11.8 Å². The van der Waals surface area contributed by atoms with Crippen LogP contribution in [0.5, 0.6) is 0 Å². The first kappa shape index (κ1) is 18.3. The Bertz CT molecular complexity index is 620. The van der Waals surface area contributed by atoms with E-state index in [9.17, 15) is 4.79 Å². The van der Waals surface area contributed by atoms with Gasteiger partial charge in [0.25, 0.3) is 0 Å². The molecule has 2 bridgehead atoms. The van der Waals surface area contributed by atoms with Gasteiger partial charge >= 0.3 is 0 Å². The molecule has 4 heteroatoms. The van der Waals surface area contributed by atoms with Gasteiger partial charge in [0.05, 0.1) is 0 Å². The van der Waals surface area contributed by atoms with Gasteiger partial charge in [-0.3, -0.25) is 14.6 Å². The molecule has 132 valence electrons. The molecule has 0 atom stereocenters. The Balaban J connectivity index is 0.00000182. The Labute approximate surface area is 160 Å². The third-order valence-corrected chi connectivity index (χ3v) is 5.22. The molecule has 2 heterocycles. The topological polar surface area (TPSA) is 23.6 Å². The second-order valence-electron chi connectivity index (χ2n) is 7.16. The lowest BCUT2D eigenvalue weighted by Crippen LogP contribution is -2.57. The van der Waals surface area contributed by atoms with Gasteiger partial charge in [-0.2, -0.15) is 0 Å². The molecule has 0 N–H and O–H groups in total. The van der Waals surface area contributed by atoms with Crippen LogP contribution in [0, 0.1) is 11.8 Å². The molecule has 0 spiro atoms. The van der Waals surface area contributed by atoms with Crippen molar-refractivity contribution in [3.8, 4) is 0 Å². The third-order valence-electron chi connectivity index (χ3n) is 5.22. The summed E-state index contributed by atoms with van der Waals surface area (Å²) in [7, 11) is 0. The molecule has 2 aliphatic rings. The Kier molecular flexibility index (Phi) is 6.05. The highest BCUT2D eigenvalue weighted by Crippen LogP contribution is 2.27. The SMILES string of the molecule is Br.O=C1C2CN(Cc3ccccc3)CC1CN(Cc1ccccc1)C2. The van der Waals surface area contributed by atoms with E-state index in [1.54, 1.807) is 0 Å². The van der Waals surface area contributed by atoms with E-state index >= 15 is 0 Å². The van der Waals surface area contributed by atoms with E-state index in [1.807, 2.05) is 0 Å². The van der Waals surface area contributed by atoms with Crippen molar-refractivity contribution in [1.29, 1.82) is 0 Å². The molecular weight excluding hydrogens is 376 g/mol. The Morgan fingerprint density at radius 2 is 1.04 bits per heavy atom. The molecule has 2 fully saturated rings. The lowest BCUT2D eigenvalue weighted by atomic mass is 9.83. The van der Waals surface area contributed by atoms with Crippen LogP contribution in [0.1, 0.15) is 11.1 Å². The zero-order valence-electron chi connectivity index (χ0n) is 14.4. The summed E-state index contributed by atoms with van der Waals surface area (Å²) in [5, 5.41) is 0. The first-order valence-electron chi connectivity index (χ1n) is 8.84. The van der Waals surface area contributed by atoms with Crippen molar-refractivity contribution >= 4 is 22.8 Å². The van der Waals surface area contributed by atoms with E-state index in [0.29, 0.717) is 5.78 Å². The molecule has 2 saturated heterocycles. The Hall–Kier alpha value is -1.49. The summed E-state index contributed by atoms with van der Waals surface area (Å²) in [4.78, 5) is 17.5. The first-order chi connectivity index (χ1) is 11.8. The summed E-state index contributed by atoms with van der Waals surface area (Å²) in [6.45, 7) is 5.51. The summed E-state index contributed by atoms with van der Waals surface area (Å²) in [6, 6.07) is 21.2. The van der Waals surface area contributed by atoms with Gasteiger partial charge in [-0.1, -0.05) is 60.7 Å². The highest BCUT2D eigenvalue weighted by molar-refractivity contribution is 8.93. The van der Waals surface area contributed by atoms with Crippen molar-refractivity contribution in [1.82, 2.24) is 9.80 Å². The standard InChI is InChI=1S/C21H24N2O.BrH/c24-21-19-13-22(11-17-7-3-1-4-8-17)14-20(21)16-23(15-19)12-18-9-5-2-6-10-18;/h1-10,19-20H,11-16H2;1H. The minimum Gasteiger partial charge on any atom is -0.299 e. The van der Waals surface area contributed by atoms with Gasteiger partial charge in [-0.25, -0.2) is 0 Å². The van der Waals surface area contributed by atoms with Crippen molar-refractivity contribution in [2.75, 3.05) is 26.2 Å². The second-order valence-corrected chi connectivity index (χ2v) is 7.16. The van der Waals surface area contributed by atoms with Crippen LogP contribution in [0.25, 0.3) is 0 Å². The molecule has 3 nitrogen and oxygen atoms in total. The monoisotopic (exact) mass is 400 g/mol. The summed E-state index contributed by atoms with van der Waals surface area (Å²) in [5.74, 6) is 0.832. The molecule has 2 aromatic rings. The van der Waals surface area contributed by atoms with E-state index in [0.717, 1.165) is 39.3 Å². The average Bonchev–Trinajstić information content (AvgIpc) is 2.59. The fraction of sp³-hybridized carbons (Fsp3) is 0.381. The van der Waals surface area contributed by atoms with E-state index in [1.165, 1.54) is 11.1 Å². The van der Waals surface area contributed by atoms with Gasteiger partial charge in [-0.15, -0.1) is 17.0 Å². The number of carbonyl (C=O) groups excluding carboxylic acids is 1. The second kappa shape index (κ2) is 8.26. The summed E-state index contributed by atoms with van der Waals surface area (Å²) in [5.41, 5.74) is 2.68. The van der Waals surface area contributed by atoms with E-state index < -0.39 is 0 Å². The molecule has 2 aliphatic heterocycles. The Morgan fingerprint density at radius 1 is 0.680 bits per heavy atom. The number of carbonyl (C=O) groups is 1. The molecule has 4 rings (SSSR count). The molecule has 2 aromatic carbocycles. The number of rotatable bonds is 4. The lowest BCUT2D eigenvalue weighted by molar-refractivity contribution is -0.138. The van der Waals surface area contributed by atoms with Crippen LogP contribution in [0.15, 0.2) is 60.7 Å². The van der Waals surface area contributed by atoms with Gasteiger partial charge < -0.3 is 0 Å². The van der Waals surface area contributed by atoms with Crippen molar-refractivity contribution in [2.45, 2.75) is 13.1 Å². The quantitative estimate of drug-likeness (QED) is 0.785. The van der Waals surface area contributed by atoms with Gasteiger partial charge in [0.1, 0.15) is 5.78 Å². The maximum Gasteiger partial charge on any atom is 0.144 e.